The molecule has 30 heavy (non-hydrogen) atoms. The SMILES string of the molecule is N=C/C=N\Nc1cccc(Nc2nc(N[C@@H]3CCCC(O)[C@@H]3N)ncc2C(N)=O)c1. The molecule has 11 nitrogen and oxygen atoms in total. The van der Waals surface area contributed by atoms with Crippen LogP contribution in [0.5, 0.6) is 0 Å². The van der Waals surface area contributed by atoms with Gasteiger partial charge in [0.2, 0.25) is 5.95 Å². The van der Waals surface area contributed by atoms with Crippen LogP contribution in [0.1, 0.15) is 29.6 Å². The van der Waals surface area contributed by atoms with Crippen LogP contribution in [0.2, 0.25) is 0 Å². The van der Waals surface area contributed by atoms with Crippen LogP contribution < -0.4 is 27.5 Å². The number of carbonyl (C=O) groups is 1. The summed E-state index contributed by atoms with van der Waals surface area (Å²) in [6.07, 6.45) is 5.43. The average molecular weight is 411 g/mol. The molecular formula is C19H25N9O2. The van der Waals surface area contributed by atoms with Crippen LogP contribution in [-0.4, -0.2) is 51.6 Å². The van der Waals surface area contributed by atoms with Crippen LogP contribution in [0, 0.1) is 5.41 Å². The number of carbonyl (C=O) groups excluding carboxylic acids is 1. The second-order valence-corrected chi connectivity index (χ2v) is 6.91. The van der Waals surface area contributed by atoms with E-state index in [1.165, 1.54) is 12.4 Å². The molecule has 11 heteroatoms. The van der Waals surface area contributed by atoms with Gasteiger partial charge in [0, 0.05) is 24.1 Å². The van der Waals surface area contributed by atoms with E-state index in [1.807, 2.05) is 0 Å². The van der Waals surface area contributed by atoms with Gasteiger partial charge in [0.25, 0.3) is 5.91 Å². The number of primary amides is 1. The highest BCUT2D eigenvalue weighted by atomic mass is 16.3. The smallest absolute Gasteiger partial charge is 0.254 e. The lowest BCUT2D eigenvalue weighted by Gasteiger charge is -2.33. The third kappa shape index (κ3) is 5.27. The zero-order valence-corrected chi connectivity index (χ0v) is 16.2. The Balaban J connectivity index is 1.81. The molecule has 1 saturated carbocycles. The maximum atomic E-state index is 11.8. The number of hydrogen-bond donors (Lipinski definition) is 7. The second-order valence-electron chi connectivity index (χ2n) is 6.91. The van der Waals surface area contributed by atoms with Gasteiger partial charge in [-0.05, 0) is 37.5 Å². The van der Waals surface area contributed by atoms with Gasteiger partial charge in [-0.3, -0.25) is 10.2 Å². The Hall–Kier alpha value is -3.57. The quantitative estimate of drug-likeness (QED) is 0.247. The predicted molar refractivity (Wildman–Crippen MR) is 116 cm³/mol. The van der Waals surface area contributed by atoms with E-state index >= 15 is 0 Å². The summed E-state index contributed by atoms with van der Waals surface area (Å²) in [7, 11) is 0. The zero-order chi connectivity index (χ0) is 21.5. The molecule has 1 aliphatic rings. The molecule has 3 rings (SSSR count). The molecule has 0 saturated heterocycles. The number of nitrogens with one attached hydrogen (secondary N) is 4. The van der Waals surface area contributed by atoms with Crippen LogP contribution in [-0.2, 0) is 0 Å². The van der Waals surface area contributed by atoms with E-state index in [0.717, 1.165) is 19.1 Å². The molecule has 0 aliphatic heterocycles. The van der Waals surface area contributed by atoms with Crippen LogP contribution in [0.3, 0.4) is 0 Å². The Morgan fingerprint density at radius 2 is 2.13 bits per heavy atom. The van der Waals surface area contributed by atoms with Gasteiger partial charge >= 0.3 is 0 Å². The van der Waals surface area contributed by atoms with Crippen molar-refractivity contribution in [3.05, 3.63) is 36.0 Å². The molecule has 1 aromatic heterocycles. The lowest BCUT2D eigenvalue weighted by Crippen LogP contribution is -2.51. The number of hydrazone groups is 1. The van der Waals surface area contributed by atoms with Crippen molar-refractivity contribution in [3.63, 3.8) is 0 Å². The van der Waals surface area contributed by atoms with Crippen molar-refractivity contribution >= 4 is 41.5 Å². The maximum Gasteiger partial charge on any atom is 0.254 e. The van der Waals surface area contributed by atoms with Gasteiger partial charge in [-0.2, -0.15) is 10.1 Å². The Morgan fingerprint density at radius 3 is 2.90 bits per heavy atom. The number of rotatable bonds is 8. The van der Waals surface area contributed by atoms with E-state index < -0.39 is 18.1 Å². The van der Waals surface area contributed by atoms with Crippen molar-refractivity contribution in [1.29, 1.82) is 5.41 Å². The summed E-state index contributed by atoms with van der Waals surface area (Å²) in [6, 6.07) is 6.52. The summed E-state index contributed by atoms with van der Waals surface area (Å²) in [4.78, 5) is 20.4. The Morgan fingerprint density at radius 1 is 1.33 bits per heavy atom. The predicted octanol–water partition coefficient (Wildman–Crippen LogP) is 1.02. The molecular weight excluding hydrogens is 386 g/mol. The molecule has 1 fully saturated rings. The fourth-order valence-corrected chi connectivity index (χ4v) is 3.21. The van der Waals surface area contributed by atoms with E-state index in [1.54, 1.807) is 24.3 Å². The van der Waals surface area contributed by atoms with Gasteiger partial charge in [-0.15, -0.1) is 0 Å². The summed E-state index contributed by atoms with van der Waals surface area (Å²) in [6.45, 7) is 0. The highest BCUT2D eigenvalue weighted by molar-refractivity contribution is 6.14. The lowest BCUT2D eigenvalue weighted by atomic mass is 9.88. The van der Waals surface area contributed by atoms with E-state index in [-0.39, 0.29) is 23.4 Å². The minimum atomic E-state index is -0.668. The van der Waals surface area contributed by atoms with E-state index in [2.05, 4.69) is 31.1 Å². The van der Waals surface area contributed by atoms with Crippen LogP contribution in [0.4, 0.5) is 23.1 Å². The maximum absolute atomic E-state index is 11.8. The summed E-state index contributed by atoms with van der Waals surface area (Å²) in [5.74, 6) is -0.148. The number of nitrogens with zero attached hydrogens (tertiary/aromatic N) is 3. The van der Waals surface area contributed by atoms with Crippen molar-refractivity contribution in [2.75, 3.05) is 16.1 Å². The number of benzene rings is 1. The zero-order valence-electron chi connectivity index (χ0n) is 16.2. The summed E-state index contributed by atoms with van der Waals surface area (Å²) in [5, 5.41) is 27.0. The number of nitrogens with two attached hydrogens (primary N) is 2. The van der Waals surface area contributed by atoms with E-state index in [0.29, 0.717) is 17.8 Å². The lowest BCUT2D eigenvalue weighted by molar-refractivity contribution is 0.1000. The Kier molecular flexibility index (Phi) is 6.88. The van der Waals surface area contributed by atoms with Crippen molar-refractivity contribution in [2.45, 2.75) is 37.5 Å². The van der Waals surface area contributed by atoms with Gasteiger partial charge in [-0.1, -0.05) is 6.07 Å². The van der Waals surface area contributed by atoms with E-state index in [4.69, 9.17) is 16.9 Å². The fourth-order valence-electron chi connectivity index (χ4n) is 3.21. The van der Waals surface area contributed by atoms with Crippen LogP contribution >= 0.6 is 0 Å². The molecule has 0 radical (unpaired) electrons. The minimum Gasteiger partial charge on any atom is -0.391 e. The number of aromatic nitrogens is 2. The number of aliphatic hydroxyl groups is 1. The van der Waals surface area contributed by atoms with Crippen molar-refractivity contribution in [2.24, 2.45) is 16.6 Å². The monoisotopic (exact) mass is 411 g/mol. The van der Waals surface area contributed by atoms with Gasteiger partial charge in [-0.25, -0.2) is 4.98 Å². The molecule has 158 valence electrons. The van der Waals surface area contributed by atoms with Crippen LogP contribution in [0.25, 0.3) is 0 Å². The first-order valence-corrected chi connectivity index (χ1v) is 9.50. The topological polar surface area (TPSA) is 187 Å². The van der Waals surface area contributed by atoms with Gasteiger partial charge in [0.1, 0.15) is 11.4 Å². The first kappa shape index (κ1) is 21.1. The highest BCUT2D eigenvalue weighted by Gasteiger charge is 2.29. The van der Waals surface area contributed by atoms with Crippen LogP contribution in [0.15, 0.2) is 35.6 Å². The molecule has 0 bridgehead atoms. The molecule has 1 aromatic carbocycles. The minimum absolute atomic E-state index is 0.133. The second kappa shape index (κ2) is 9.76. The summed E-state index contributed by atoms with van der Waals surface area (Å²) in [5.41, 5.74) is 15.8. The number of hydrogen-bond acceptors (Lipinski definition) is 10. The van der Waals surface area contributed by atoms with Gasteiger partial charge in [0.15, 0.2) is 0 Å². The summed E-state index contributed by atoms with van der Waals surface area (Å²) >= 11 is 0. The van der Waals surface area contributed by atoms with Crippen molar-refractivity contribution in [1.82, 2.24) is 9.97 Å². The fraction of sp³-hybridized carbons (Fsp3) is 0.316. The molecule has 1 heterocycles. The third-order valence-corrected chi connectivity index (χ3v) is 4.76. The Labute approximate surface area is 173 Å². The third-order valence-electron chi connectivity index (χ3n) is 4.76. The molecule has 1 aliphatic carbocycles. The summed E-state index contributed by atoms with van der Waals surface area (Å²) < 4.78 is 0. The standard InChI is InChI=1S/C19H25N9O2/c20-7-8-24-28-12-4-1-3-11(9-12)25-18-13(17(22)30)10-23-19(27-18)26-14-5-2-6-15(29)16(14)21/h1,3-4,7-10,14-16,20,28-29H,2,5-6,21H2,(H2,22,30)(H2,23,25,26,27)/b20-7?,24-8-/t14-,15?,16-/m1/s1. The first-order valence-electron chi connectivity index (χ1n) is 9.50. The van der Waals surface area contributed by atoms with Gasteiger partial charge in [0.05, 0.1) is 24.0 Å². The molecule has 1 amide bonds. The normalized spacial score (nSPS) is 21.2. The number of aliphatic hydroxyl groups excluding tert-OH is 1. The molecule has 9 N–H and O–H groups in total. The molecule has 1 unspecified atom stereocenters. The highest BCUT2D eigenvalue weighted by Crippen LogP contribution is 2.24. The largest absolute Gasteiger partial charge is 0.391 e. The Bertz CT molecular complexity index is 934. The molecule has 3 atom stereocenters. The number of anilines is 4. The molecule has 2 aromatic rings. The number of amides is 1. The first-order chi connectivity index (χ1) is 14.5. The average Bonchev–Trinajstić information content (AvgIpc) is 2.72. The van der Waals surface area contributed by atoms with E-state index in [9.17, 15) is 9.90 Å². The van der Waals surface area contributed by atoms with Crippen molar-refractivity contribution in [3.8, 4) is 0 Å². The molecule has 0 spiro atoms. The van der Waals surface area contributed by atoms with Crippen molar-refractivity contribution < 1.29 is 9.90 Å². The van der Waals surface area contributed by atoms with Gasteiger partial charge < -0.3 is 32.6 Å².